The molecule has 1 aliphatic rings. The third-order valence-corrected chi connectivity index (χ3v) is 2.71. The van der Waals surface area contributed by atoms with Crippen LogP contribution in [0.25, 0.3) is 0 Å². The highest BCUT2D eigenvalue weighted by molar-refractivity contribution is 5.10. The van der Waals surface area contributed by atoms with Gasteiger partial charge >= 0.3 is 0 Å². The van der Waals surface area contributed by atoms with E-state index in [1.807, 2.05) is 0 Å². The van der Waals surface area contributed by atoms with Gasteiger partial charge < -0.3 is 15.3 Å². The topological polar surface area (TPSA) is 60.7 Å². The average Bonchev–Trinajstić information content (AvgIpc) is 2.04. The molecule has 0 fully saturated rings. The van der Waals surface area contributed by atoms with E-state index in [-0.39, 0.29) is 12.5 Å². The normalized spacial score (nSPS) is 35.0. The van der Waals surface area contributed by atoms with Gasteiger partial charge in [0.05, 0.1) is 12.2 Å². The third-order valence-electron chi connectivity index (χ3n) is 2.71. The standard InChI is InChI=1S/C10H18O3/c1-9(2,12)8-3-5-10(13,7-11)6-4-8/h3,5,8,11-13H,4,6-7H2,1-2H3/t8-,10-/m1/s1. The van der Waals surface area contributed by atoms with Gasteiger partial charge in [0.2, 0.25) is 0 Å². The fourth-order valence-electron chi connectivity index (χ4n) is 1.60. The molecule has 0 aliphatic heterocycles. The molecular weight excluding hydrogens is 168 g/mol. The zero-order valence-corrected chi connectivity index (χ0v) is 8.20. The van der Waals surface area contributed by atoms with Crippen LogP contribution in [-0.2, 0) is 0 Å². The molecule has 76 valence electrons. The Labute approximate surface area is 78.7 Å². The summed E-state index contributed by atoms with van der Waals surface area (Å²) < 4.78 is 0. The Morgan fingerprint density at radius 3 is 2.46 bits per heavy atom. The van der Waals surface area contributed by atoms with E-state index in [0.29, 0.717) is 12.8 Å². The van der Waals surface area contributed by atoms with Crippen molar-refractivity contribution in [3.05, 3.63) is 12.2 Å². The van der Waals surface area contributed by atoms with Crippen LogP contribution in [-0.4, -0.2) is 33.1 Å². The average molecular weight is 186 g/mol. The van der Waals surface area contributed by atoms with Crippen LogP contribution >= 0.6 is 0 Å². The molecule has 3 heteroatoms. The van der Waals surface area contributed by atoms with Crippen LogP contribution < -0.4 is 0 Å². The molecular formula is C10H18O3. The lowest BCUT2D eigenvalue weighted by Gasteiger charge is -2.34. The molecule has 1 rings (SSSR count). The molecule has 0 heterocycles. The van der Waals surface area contributed by atoms with Crippen LogP contribution in [0.1, 0.15) is 26.7 Å². The molecule has 0 aromatic rings. The van der Waals surface area contributed by atoms with Crippen LogP contribution in [0.3, 0.4) is 0 Å². The summed E-state index contributed by atoms with van der Waals surface area (Å²) in [7, 11) is 0. The van der Waals surface area contributed by atoms with Gasteiger partial charge in [0.15, 0.2) is 0 Å². The molecule has 0 aromatic carbocycles. The summed E-state index contributed by atoms with van der Waals surface area (Å²) in [5.74, 6) is 0.0688. The quantitative estimate of drug-likeness (QED) is 0.549. The van der Waals surface area contributed by atoms with E-state index in [9.17, 15) is 10.2 Å². The maximum Gasteiger partial charge on any atom is 0.106 e. The first-order valence-electron chi connectivity index (χ1n) is 4.62. The van der Waals surface area contributed by atoms with Crippen molar-refractivity contribution in [3.63, 3.8) is 0 Å². The van der Waals surface area contributed by atoms with Gasteiger partial charge in [0.1, 0.15) is 5.60 Å². The summed E-state index contributed by atoms with van der Waals surface area (Å²) in [5, 5.41) is 28.2. The van der Waals surface area contributed by atoms with Crippen LogP contribution in [0.2, 0.25) is 0 Å². The Balaban J connectivity index is 2.67. The van der Waals surface area contributed by atoms with Crippen molar-refractivity contribution >= 4 is 0 Å². The zero-order chi connectivity index (χ0) is 10.1. The van der Waals surface area contributed by atoms with Crippen LogP contribution in [0.15, 0.2) is 12.2 Å². The van der Waals surface area contributed by atoms with Crippen LogP contribution in [0, 0.1) is 5.92 Å². The van der Waals surface area contributed by atoms with Gasteiger partial charge in [0.25, 0.3) is 0 Å². The second-order valence-corrected chi connectivity index (χ2v) is 4.42. The van der Waals surface area contributed by atoms with Gasteiger partial charge in [-0.2, -0.15) is 0 Å². The Hall–Kier alpha value is -0.380. The minimum Gasteiger partial charge on any atom is -0.393 e. The van der Waals surface area contributed by atoms with E-state index in [0.717, 1.165) is 0 Å². The second kappa shape index (κ2) is 3.40. The number of aliphatic hydroxyl groups is 3. The molecule has 2 atom stereocenters. The first kappa shape index (κ1) is 10.7. The highest BCUT2D eigenvalue weighted by atomic mass is 16.3. The van der Waals surface area contributed by atoms with Crippen molar-refractivity contribution in [1.29, 1.82) is 0 Å². The molecule has 3 nitrogen and oxygen atoms in total. The highest BCUT2D eigenvalue weighted by Gasteiger charge is 2.33. The maximum atomic E-state index is 9.69. The van der Waals surface area contributed by atoms with Crippen LogP contribution in [0.4, 0.5) is 0 Å². The van der Waals surface area contributed by atoms with Gasteiger partial charge in [-0.3, -0.25) is 0 Å². The fourth-order valence-corrected chi connectivity index (χ4v) is 1.60. The van der Waals surface area contributed by atoms with E-state index in [1.165, 1.54) is 0 Å². The van der Waals surface area contributed by atoms with E-state index in [1.54, 1.807) is 26.0 Å². The SMILES string of the molecule is CC(C)(O)[C@@H]1C=C[C@](O)(CO)CC1. The summed E-state index contributed by atoms with van der Waals surface area (Å²) in [5.41, 5.74) is -1.81. The van der Waals surface area contributed by atoms with Crippen molar-refractivity contribution in [1.82, 2.24) is 0 Å². The van der Waals surface area contributed by atoms with Crippen molar-refractivity contribution in [2.45, 2.75) is 37.9 Å². The van der Waals surface area contributed by atoms with Crippen molar-refractivity contribution in [2.24, 2.45) is 5.92 Å². The first-order chi connectivity index (χ1) is 5.87. The zero-order valence-electron chi connectivity index (χ0n) is 8.20. The van der Waals surface area contributed by atoms with Gasteiger partial charge in [0, 0.05) is 5.92 Å². The van der Waals surface area contributed by atoms with Gasteiger partial charge in [-0.25, -0.2) is 0 Å². The van der Waals surface area contributed by atoms with Crippen molar-refractivity contribution in [2.75, 3.05) is 6.61 Å². The molecule has 0 unspecified atom stereocenters. The minimum absolute atomic E-state index is 0.0688. The maximum absolute atomic E-state index is 9.69. The highest BCUT2D eigenvalue weighted by Crippen LogP contribution is 2.31. The molecule has 0 saturated carbocycles. The van der Waals surface area contributed by atoms with E-state index in [2.05, 4.69) is 0 Å². The minimum atomic E-state index is -1.07. The number of hydrogen-bond acceptors (Lipinski definition) is 3. The summed E-state index contributed by atoms with van der Waals surface area (Å²) in [6, 6.07) is 0. The van der Waals surface area contributed by atoms with Gasteiger partial charge in [-0.15, -0.1) is 0 Å². The fraction of sp³-hybridized carbons (Fsp3) is 0.800. The second-order valence-electron chi connectivity index (χ2n) is 4.42. The summed E-state index contributed by atoms with van der Waals surface area (Å²) in [4.78, 5) is 0. The molecule has 0 amide bonds. The lowest BCUT2D eigenvalue weighted by atomic mass is 9.78. The Bertz CT molecular complexity index is 205. The monoisotopic (exact) mass is 186 g/mol. The molecule has 0 spiro atoms. The molecule has 13 heavy (non-hydrogen) atoms. The molecule has 0 bridgehead atoms. The molecule has 1 aliphatic carbocycles. The molecule has 0 radical (unpaired) electrons. The predicted octanol–water partition coefficient (Wildman–Crippen LogP) is 0.447. The lowest BCUT2D eigenvalue weighted by molar-refractivity contribution is -0.0158. The Morgan fingerprint density at radius 2 is 2.15 bits per heavy atom. The van der Waals surface area contributed by atoms with Crippen LogP contribution in [0.5, 0.6) is 0 Å². The van der Waals surface area contributed by atoms with E-state index < -0.39 is 11.2 Å². The Kier molecular flexibility index (Phi) is 2.80. The molecule has 3 N–H and O–H groups in total. The summed E-state index contributed by atoms with van der Waals surface area (Å²) >= 11 is 0. The smallest absolute Gasteiger partial charge is 0.106 e. The number of rotatable bonds is 2. The largest absolute Gasteiger partial charge is 0.393 e. The molecule has 0 saturated heterocycles. The number of aliphatic hydroxyl groups excluding tert-OH is 1. The predicted molar refractivity (Wildman–Crippen MR) is 50.2 cm³/mol. The lowest BCUT2D eigenvalue weighted by Crippen LogP contribution is -2.39. The number of hydrogen-bond donors (Lipinski definition) is 3. The van der Waals surface area contributed by atoms with E-state index in [4.69, 9.17) is 5.11 Å². The van der Waals surface area contributed by atoms with Gasteiger partial charge in [-0.05, 0) is 26.7 Å². The third kappa shape index (κ3) is 2.53. The van der Waals surface area contributed by atoms with Gasteiger partial charge in [-0.1, -0.05) is 12.2 Å². The molecule has 0 aromatic heterocycles. The first-order valence-corrected chi connectivity index (χ1v) is 4.62. The van der Waals surface area contributed by atoms with Crippen molar-refractivity contribution < 1.29 is 15.3 Å². The summed E-state index contributed by atoms with van der Waals surface area (Å²) in [6.45, 7) is 3.26. The summed E-state index contributed by atoms with van der Waals surface area (Å²) in [6.07, 6.45) is 4.60. The van der Waals surface area contributed by atoms with E-state index >= 15 is 0 Å². The Morgan fingerprint density at radius 1 is 1.54 bits per heavy atom. The van der Waals surface area contributed by atoms with Crippen molar-refractivity contribution in [3.8, 4) is 0 Å².